The number of carbonyl (C=O) groups is 1. The topological polar surface area (TPSA) is 77.2 Å². The molecule has 114 valence electrons. The molecule has 2 aliphatic rings. The van der Waals surface area contributed by atoms with Crippen LogP contribution in [0.15, 0.2) is 30.5 Å². The largest absolute Gasteiger partial charge is 0.478 e. The quantitative estimate of drug-likeness (QED) is 0.933. The minimum Gasteiger partial charge on any atom is -0.478 e. The van der Waals surface area contributed by atoms with Gasteiger partial charge in [0.15, 0.2) is 0 Å². The highest BCUT2D eigenvalue weighted by Gasteiger charge is 2.51. The SMILES string of the molecule is O=C(O)c1ccccc1-c1cn(CC2C3CCOCC32)nn1. The van der Waals surface area contributed by atoms with Gasteiger partial charge in [-0.05, 0) is 30.2 Å². The van der Waals surface area contributed by atoms with Gasteiger partial charge in [-0.1, -0.05) is 23.4 Å². The Morgan fingerprint density at radius 1 is 1.36 bits per heavy atom. The van der Waals surface area contributed by atoms with Gasteiger partial charge in [0.1, 0.15) is 5.69 Å². The number of ether oxygens (including phenoxy) is 1. The molecule has 6 nitrogen and oxygen atoms in total. The van der Waals surface area contributed by atoms with Crippen molar-refractivity contribution in [2.75, 3.05) is 13.2 Å². The molecule has 1 aliphatic heterocycles. The summed E-state index contributed by atoms with van der Waals surface area (Å²) in [5.41, 5.74) is 1.47. The third kappa shape index (κ3) is 2.29. The van der Waals surface area contributed by atoms with Gasteiger partial charge in [-0.25, -0.2) is 4.79 Å². The molecule has 2 heterocycles. The lowest BCUT2D eigenvalue weighted by Crippen LogP contribution is -2.07. The van der Waals surface area contributed by atoms with Crippen LogP contribution >= 0.6 is 0 Å². The van der Waals surface area contributed by atoms with Gasteiger partial charge < -0.3 is 9.84 Å². The van der Waals surface area contributed by atoms with Crippen LogP contribution in [0.3, 0.4) is 0 Å². The zero-order valence-electron chi connectivity index (χ0n) is 12.1. The Labute approximate surface area is 127 Å². The Bertz CT molecular complexity index is 700. The average molecular weight is 299 g/mol. The molecule has 3 atom stereocenters. The highest BCUT2D eigenvalue weighted by atomic mass is 16.5. The molecule has 1 saturated carbocycles. The first kappa shape index (κ1) is 13.5. The summed E-state index contributed by atoms with van der Waals surface area (Å²) >= 11 is 0. The average Bonchev–Trinajstić information content (AvgIpc) is 3.02. The van der Waals surface area contributed by atoms with Gasteiger partial charge in [0.05, 0.1) is 11.8 Å². The van der Waals surface area contributed by atoms with Crippen LogP contribution in [0.5, 0.6) is 0 Å². The second kappa shape index (κ2) is 5.21. The molecule has 4 rings (SSSR count). The minimum absolute atomic E-state index is 0.253. The van der Waals surface area contributed by atoms with E-state index < -0.39 is 5.97 Å². The number of nitrogens with zero attached hydrogens (tertiary/aromatic N) is 3. The van der Waals surface area contributed by atoms with Crippen LogP contribution in [0, 0.1) is 17.8 Å². The molecular weight excluding hydrogens is 282 g/mol. The number of carboxylic acids is 1. The summed E-state index contributed by atoms with van der Waals surface area (Å²) < 4.78 is 7.33. The molecule has 1 aliphatic carbocycles. The first-order chi connectivity index (χ1) is 10.7. The van der Waals surface area contributed by atoms with E-state index in [1.807, 2.05) is 16.9 Å². The van der Waals surface area contributed by atoms with Crippen molar-refractivity contribution in [3.8, 4) is 11.3 Å². The maximum atomic E-state index is 11.3. The summed E-state index contributed by atoms with van der Waals surface area (Å²) in [7, 11) is 0. The zero-order chi connectivity index (χ0) is 15.1. The molecule has 0 radical (unpaired) electrons. The van der Waals surface area contributed by atoms with Gasteiger partial charge in [0.25, 0.3) is 0 Å². The second-order valence-electron chi connectivity index (χ2n) is 6.03. The van der Waals surface area contributed by atoms with Gasteiger partial charge >= 0.3 is 5.97 Å². The zero-order valence-corrected chi connectivity index (χ0v) is 12.1. The lowest BCUT2D eigenvalue weighted by molar-refractivity contribution is 0.0697. The summed E-state index contributed by atoms with van der Waals surface area (Å²) in [6, 6.07) is 6.88. The van der Waals surface area contributed by atoms with Crippen molar-refractivity contribution in [3.05, 3.63) is 36.0 Å². The van der Waals surface area contributed by atoms with E-state index in [1.54, 1.807) is 18.2 Å². The molecule has 0 amide bonds. The number of benzene rings is 1. The van der Waals surface area contributed by atoms with Crippen LogP contribution in [0.4, 0.5) is 0 Å². The number of hydrogen-bond acceptors (Lipinski definition) is 4. The normalized spacial score (nSPS) is 26.5. The number of carboxylic acid groups (broad SMARTS) is 1. The smallest absolute Gasteiger partial charge is 0.336 e. The standard InChI is InChI=1S/C16H17N3O3/c20-16(21)12-4-2-1-3-11(12)15-8-19(18-17-15)7-13-10-5-6-22-9-14(10)13/h1-4,8,10,13-14H,5-7,9H2,(H,20,21). The first-order valence-electron chi connectivity index (χ1n) is 7.54. The van der Waals surface area contributed by atoms with Crippen LogP contribution in [0.25, 0.3) is 11.3 Å². The van der Waals surface area contributed by atoms with E-state index in [2.05, 4.69) is 10.3 Å². The molecule has 2 aromatic rings. The summed E-state index contributed by atoms with van der Waals surface area (Å²) in [6.07, 6.45) is 2.98. The summed E-state index contributed by atoms with van der Waals surface area (Å²) in [4.78, 5) is 11.3. The fourth-order valence-corrected chi connectivity index (χ4v) is 3.53. The van der Waals surface area contributed by atoms with Crippen LogP contribution in [0.2, 0.25) is 0 Å². The summed E-state index contributed by atoms with van der Waals surface area (Å²) in [5, 5.41) is 17.6. The molecule has 3 unspecified atom stereocenters. The van der Waals surface area contributed by atoms with Crippen LogP contribution in [0.1, 0.15) is 16.8 Å². The Morgan fingerprint density at radius 2 is 2.23 bits per heavy atom. The lowest BCUT2D eigenvalue weighted by atomic mass is 10.1. The van der Waals surface area contributed by atoms with E-state index in [1.165, 1.54) is 0 Å². The molecule has 0 bridgehead atoms. The van der Waals surface area contributed by atoms with Gasteiger partial charge in [-0.2, -0.15) is 0 Å². The molecule has 1 saturated heterocycles. The van der Waals surface area contributed by atoms with Gasteiger partial charge in [0, 0.05) is 25.3 Å². The molecule has 1 N–H and O–H groups in total. The monoisotopic (exact) mass is 299 g/mol. The highest BCUT2D eigenvalue weighted by molar-refractivity contribution is 5.95. The number of aromatic nitrogens is 3. The first-order valence-corrected chi connectivity index (χ1v) is 7.54. The Hall–Kier alpha value is -2.21. The Kier molecular flexibility index (Phi) is 3.18. The third-order valence-electron chi connectivity index (χ3n) is 4.78. The number of aromatic carboxylic acids is 1. The van der Waals surface area contributed by atoms with Crippen molar-refractivity contribution in [2.45, 2.75) is 13.0 Å². The number of rotatable bonds is 4. The Morgan fingerprint density at radius 3 is 3.00 bits per heavy atom. The fourth-order valence-electron chi connectivity index (χ4n) is 3.53. The van der Waals surface area contributed by atoms with Gasteiger partial charge in [-0.15, -0.1) is 5.10 Å². The highest BCUT2D eigenvalue weighted by Crippen LogP contribution is 2.51. The molecule has 1 aromatic heterocycles. The van der Waals surface area contributed by atoms with Crippen molar-refractivity contribution in [2.24, 2.45) is 17.8 Å². The van der Waals surface area contributed by atoms with E-state index in [-0.39, 0.29) is 5.56 Å². The van der Waals surface area contributed by atoms with E-state index in [4.69, 9.17) is 4.74 Å². The van der Waals surface area contributed by atoms with Crippen molar-refractivity contribution in [1.29, 1.82) is 0 Å². The van der Waals surface area contributed by atoms with E-state index >= 15 is 0 Å². The van der Waals surface area contributed by atoms with Gasteiger partial charge in [-0.3, -0.25) is 4.68 Å². The fraction of sp³-hybridized carbons (Fsp3) is 0.438. The molecule has 2 fully saturated rings. The third-order valence-corrected chi connectivity index (χ3v) is 4.78. The molecule has 22 heavy (non-hydrogen) atoms. The van der Waals surface area contributed by atoms with Crippen LogP contribution in [-0.2, 0) is 11.3 Å². The van der Waals surface area contributed by atoms with Crippen LogP contribution in [-0.4, -0.2) is 39.3 Å². The summed E-state index contributed by atoms with van der Waals surface area (Å²) in [5.74, 6) is 1.09. The maximum absolute atomic E-state index is 11.3. The molecule has 0 spiro atoms. The second-order valence-corrected chi connectivity index (χ2v) is 6.03. The molecule has 1 aromatic carbocycles. The van der Waals surface area contributed by atoms with Crippen LogP contribution < -0.4 is 0 Å². The van der Waals surface area contributed by atoms with Crippen molar-refractivity contribution >= 4 is 5.97 Å². The summed E-state index contributed by atoms with van der Waals surface area (Å²) in [6.45, 7) is 2.56. The van der Waals surface area contributed by atoms with E-state index in [9.17, 15) is 9.90 Å². The predicted octanol–water partition coefficient (Wildman–Crippen LogP) is 1.93. The number of fused-ring (bicyclic) bond motifs is 1. The Balaban J connectivity index is 1.54. The predicted molar refractivity (Wildman–Crippen MR) is 78.3 cm³/mol. The van der Waals surface area contributed by atoms with Gasteiger partial charge in [0.2, 0.25) is 0 Å². The minimum atomic E-state index is -0.949. The van der Waals surface area contributed by atoms with Crippen molar-refractivity contribution in [1.82, 2.24) is 15.0 Å². The van der Waals surface area contributed by atoms with E-state index in [0.717, 1.165) is 32.1 Å². The molecular formula is C16H17N3O3. The number of hydrogen-bond donors (Lipinski definition) is 1. The van der Waals surface area contributed by atoms with E-state index in [0.29, 0.717) is 23.1 Å². The lowest BCUT2D eigenvalue weighted by Gasteiger charge is -2.07. The maximum Gasteiger partial charge on any atom is 0.336 e. The van der Waals surface area contributed by atoms with Crippen molar-refractivity contribution < 1.29 is 14.6 Å². The molecule has 6 heteroatoms. The van der Waals surface area contributed by atoms with Crippen molar-refractivity contribution in [3.63, 3.8) is 0 Å².